The smallest absolute Gasteiger partial charge is 0.274 e. The van der Waals surface area contributed by atoms with Gasteiger partial charge in [0.25, 0.3) is 5.91 Å². The normalized spacial score (nSPS) is 17.7. The summed E-state index contributed by atoms with van der Waals surface area (Å²) < 4.78 is 6.29. The molecule has 0 radical (unpaired) electrons. The molecule has 6 nitrogen and oxygen atoms in total. The van der Waals surface area contributed by atoms with E-state index in [2.05, 4.69) is 33.3 Å². The number of hydrogen-bond donors (Lipinski definition) is 1. The summed E-state index contributed by atoms with van der Waals surface area (Å²) >= 11 is 0. The maximum absolute atomic E-state index is 12.4. The maximum atomic E-state index is 12.4. The topological polar surface area (TPSA) is 61.5 Å². The van der Waals surface area contributed by atoms with Crippen molar-refractivity contribution in [2.75, 3.05) is 20.6 Å². The molecule has 1 fully saturated rings. The van der Waals surface area contributed by atoms with E-state index in [1.807, 2.05) is 6.07 Å². The summed E-state index contributed by atoms with van der Waals surface area (Å²) in [5.74, 6) is 0.964. The molecule has 144 valence electrons. The molecule has 6 heteroatoms. The molecular weight excluding hydrogens is 340 g/mol. The van der Waals surface area contributed by atoms with E-state index in [0.717, 1.165) is 55.9 Å². The van der Waals surface area contributed by atoms with Crippen LogP contribution in [0.4, 0.5) is 0 Å². The van der Waals surface area contributed by atoms with Crippen molar-refractivity contribution in [2.45, 2.75) is 51.3 Å². The van der Waals surface area contributed by atoms with Crippen LogP contribution in [0, 0.1) is 0 Å². The molecule has 1 aliphatic carbocycles. The quantitative estimate of drug-likeness (QED) is 0.881. The van der Waals surface area contributed by atoms with Crippen molar-refractivity contribution in [1.82, 2.24) is 20.0 Å². The van der Waals surface area contributed by atoms with Crippen LogP contribution in [0.1, 0.15) is 53.0 Å². The zero-order chi connectivity index (χ0) is 18.8. The molecule has 1 N–H and O–H groups in total. The fourth-order valence-electron chi connectivity index (χ4n) is 4.05. The Hall–Kier alpha value is -2.34. The Labute approximate surface area is 160 Å². The van der Waals surface area contributed by atoms with Gasteiger partial charge in [0.15, 0.2) is 5.69 Å². The van der Waals surface area contributed by atoms with Gasteiger partial charge in [-0.3, -0.25) is 14.8 Å². The van der Waals surface area contributed by atoms with E-state index >= 15 is 0 Å². The van der Waals surface area contributed by atoms with Gasteiger partial charge in [-0.15, -0.1) is 0 Å². The Morgan fingerprint density at radius 1 is 1.30 bits per heavy atom. The second kappa shape index (κ2) is 7.72. The van der Waals surface area contributed by atoms with Crippen LogP contribution in [-0.4, -0.2) is 52.6 Å². The number of carbonyl (C=O) groups is 1. The number of aromatic amines is 1. The van der Waals surface area contributed by atoms with Gasteiger partial charge >= 0.3 is 0 Å². The van der Waals surface area contributed by atoms with Crippen molar-refractivity contribution in [3.8, 4) is 5.75 Å². The van der Waals surface area contributed by atoms with E-state index in [1.54, 1.807) is 19.0 Å². The van der Waals surface area contributed by atoms with E-state index in [9.17, 15) is 4.79 Å². The molecule has 4 rings (SSSR count). The lowest BCUT2D eigenvalue weighted by Crippen LogP contribution is -2.32. The molecule has 0 unspecified atom stereocenters. The van der Waals surface area contributed by atoms with Crippen molar-refractivity contribution in [3.05, 3.63) is 46.8 Å². The first-order chi connectivity index (χ1) is 13.1. The van der Waals surface area contributed by atoms with Gasteiger partial charge in [-0.05, 0) is 31.7 Å². The van der Waals surface area contributed by atoms with Crippen molar-refractivity contribution in [2.24, 2.45) is 0 Å². The molecule has 1 aliphatic heterocycles. The first kappa shape index (κ1) is 18.0. The van der Waals surface area contributed by atoms with Gasteiger partial charge in [0.2, 0.25) is 0 Å². The largest absolute Gasteiger partial charge is 0.490 e. The van der Waals surface area contributed by atoms with E-state index in [4.69, 9.17) is 4.74 Å². The standard InChI is InChI=1S/C21H28N4O2/c1-24(2)21(26)20-17-14-25(12-11-18(17)22-23-20)13-15-7-3-6-10-19(15)27-16-8-4-5-9-16/h3,6-7,10,16H,4-5,8-9,11-14H2,1-2H3,(H,22,23). The van der Waals surface area contributed by atoms with Gasteiger partial charge in [-0.1, -0.05) is 18.2 Å². The lowest BCUT2D eigenvalue weighted by molar-refractivity contribution is 0.0819. The summed E-state index contributed by atoms with van der Waals surface area (Å²) in [6, 6.07) is 8.36. The minimum Gasteiger partial charge on any atom is -0.490 e. The highest BCUT2D eigenvalue weighted by molar-refractivity contribution is 5.93. The molecule has 2 aliphatic rings. The zero-order valence-corrected chi connectivity index (χ0v) is 16.2. The molecule has 2 heterocycles. The fourth-order valence-corrected chi connectivity index (χ4v) is 4.05. The number of fused-ring (bicyclic) bond motifs is 1. The summed E-state index contributed by atoms with van der Waals surface area (Å²) in [4.78, 5) is 16.4. The molecular formula is C21H28N4O2. The summed E-state index contributed by atoms with van der Waals surface area (Å²) in [6.45, 7) is 2.50. The number of H-pyrrole nitrogens is 1. The lowest BCUT2D eigenvalue weighted by Gasteiger charge is -2.28. The number of ether oxygens (including phenoxy) is 1. The third-order valence-corrected chi connectivity index (χ3v) is 5.58. The van der Waals surface area contributed by atoms with Gasteiger partial charge in [-0.25, -0.2) is 0 Å². The van der Waals surface area contributed by atoms with Crippen molar-refractivity contribution >= 4 is 5.91 Å². The molecule has 2 aromatic rings. The highest BCUT2D eigenvalue weighted by Crippen LogP contribution is 2.29. The lowest BCUT2D eigenvalue weighted by atomic mass is 10.0. The number of hydrogen-bond acceptors (Lipinski definition) is 4. The fraction of sp³-hybridized carbons (Fsp3) is 0.524. The second-order valence-electron chi connectivity index (χ2n) is 7.82. The monoisotopic (exact) mass is 368 g/mol. The van der Waals surface area contributed by atoms with Gasteiger partial charge in [0.05, 0.1) is 6.10 Å². The predicted molar refractivity (Wildman–Crippen MR) is 104 cm³/mol. The number of para-hydroxylation sites is 1. The highest BCUT2D eigenvalue weighted by atomic mass is 16.5. The van der Waals surface area contributed by atoms with Crippen molar-refractivity contribution in [3.63, 3.8) is 0 Å². The number of aromatic nitrogens is 2. The molecule has 1 aromatic carbocycles. The minimum absolute atomic E-state index is 0.0423. The molecule has 1 saturated carbocycles. The minimum atomic E-state index is -0.0423. The average Bonchev–Trinajstić information content (AvgIpc) is 3.32. The number of amides is 1. The van der Waals surface area contributed by atoms with Crippen LogP contribution in [0.15, 0.2) is 24.3 Å². The van der Waals surface area contributed by atoms with Crippen LogP contribution in [0.2, 0.25) is 0 Å². The number of rotatable bonds is 5. The van der Waals surface area contributed by atoms with Crippen molar-refractivity contribution in [1.29, 1.82) is 0 Å². The van der Waals surface area contributed by atoms with Crippen LogP contribution < -0.4 is 4.74 Å². The first-order valence-corrected chi connectivity index (χ1v) is 9.86. The molecule has 1 amide bonds. The number of nitrogens with zero attached hydrogens (tertiary/aromatic N) is 3. The van der Waals surface area contributed by atoms with Crippen LogP contribution >= 0.6 is 0 Å². The van der Waals surface area contributed by atoms with E-state index in [0.29, 0.717) is 11.8 Å². The van der Waals surface area contributed by atoms with Crippen LogP contribution in [0.25, 0.3) is 0 Å². The Morgan fingerprint density at radius 2 is 2.07 bits per heavy atom. The maximum Gasteiger partial charge on any atom is 0.274 e. The van der Waals surface area contributed by atoms with Gasteiger partial charge in [-0.2, -0.15) is 5.10 Å². The zero-order valence-electron chi connectivity index (χ0n) is 16.2. The summed E-state index contributed by atoms with van der Waals surface area (Å²) in [5.41, 5.74) is 3.90. The van der Waals surface area contributed by atoms with Crippen molar-refractivity contribution < 1.29 is 9.53 Å². The summed E-state index contributed by atoms with van der Waals surface area (Å²) in [5, 5.41) is 7.34. The summed E-state index contributed by atoms with van der Waals surface area (Å²) in [7, 11) is 3.53. The van der Waals surface area contributed by atoms with Crippen LogP contribution in [-0.2, 0) is 19.5 Å². The number of nitrogens with one attached hydrogen (secondary N) is 1. The molecule has 27 heavy (non-hydrogen) atoms. The van der Waals surface area contributed by atoms with Crippen LogP contribution in [0.3, 0.4) is 0 Å². The third kappa shape index (κ3) is 3.86. The summed E-state index contributed by atoms with van der Waals surface area (Å²) in [6.07, 6.45) is 6.10. The Kier molecular flexibility index (Phi) is 5.16. The molecule has 0 spiro atoms. The number of benzene rings is 1. The predicted octanol–water partition coefficient (Wildman–Crippen LogP) is 2.99. The van der Waals surface area contributed by atoms with E-state index < -0.39 is 0 Å². The Balaban J connectivity index is 1.49. The SMILES string of the molecule is CN(C)C(=O)c1n[nH]c2c1CN(Cc1ccccc1OC1CCCC1)CC2. The first-order valence-electron chi connectivity index (χ1n) is 9.86. The van der Waals surface area contributed by atoms with Gasteiger partial charge in [0, 0.05) is 57.0 Å². The second-order valence-corrected chi connectivity index (χ2v) is 7.82. The molecule has 0 bridgehead atoms. The Morgan fingerprint density at radius 3 is 2.85 bits per heavy atom. The van der Waals surface area contributed by atoms with Crippen LogP contribution in [0.5, 0.6) is 5.75 Å². The highest BCUT2D eigenvalue weighted by Gasteiger charge is 2.27. The van der Waals surface area contributed by atoms with Gasteiger partial charge < -0.3 is 9.64 Å². The van der Waals surface area contributed by atoms with Gasteiger partial charge in [0.1, 0.15) is 5.75 Å². The van der Waals surface area contributed by atoms with E-state index in [1.165, 1.54) is 18.4 Å². The Bertz CT molecular complexity index is 808. The van der Waals surface area contributed by atoms with E-state index in [-0.39, 0.29) is 5.91 Å². The third-order valence-electron chi connectivity index (χ3n) is 5.58. The molecule has 0 saturated heterocycles. The number of carbonyl (C=O) groups excluding carboxylic acids is 1. The molecule has 0 atom stereocenters. The molecule has 1 aromatic heterocycles. The average molecular weight is 368 g/mol.